The molecule has 34 heavy (non-hydrogen) atoms. The number of thioether (sulfide) groups is 1. The third kappa shape index (κ3) is 3.76. The van der Waals surface area contributed by atoms with E-state index in [-0.39, 0.29) is 5.91 Å². The second kappa shape index (κ2) is 8.66. The predicted molar refractivity (Wildman–Crippen MR) is 137 cm³/mol. The molecule has 0 fully saturated rings. The lowest BCUT2D eigenvalue weighted by molar-refractivity contribution is -0.115. The van der Waals surface area contributed by atoms with E-state index in [1.807, 2.05) is 37.3 Å². The van der Waals surface area contributed by atoms with Crippen LogP contribution in [0.2, 0.25) is 0 Å². The normalized spacial score (nSPS) is 11.7. The maximum Gasteiger partial charge on any atom is 0.226 e. The molecule has 1 N–H and O–H groups in total. The zero-order valence-corrected chi connectivity index (χ0v) is 19.9. The second-order valence-electron chi connectivity index (χ2n) is 7.73. The van der Waals surface area contributed by atoms with Crippen molar-refractivity contribution in [3.63, 3.8) is 0 Å². The Bertz CT molecular complexity index is 1560. The van der Waals surface area contributed by atoms with Gasteiger partial charge in [0.2, 0.25) is 11.1 Å². The fraction of sp³-hybridized carbons (Fsp3) is 0.160. The summed E-state index contributed by atoms with van der Waals surface area (Å²) in [4.78, 5) is 21.7. The van der Waals surface area contributed by atoms with Crippen LogP contribution >= 0.6 is 23.1 Å². The number of aromatic nitrogens is 4. The first-order valence-electron chi connectivity index (χ1n) is 10.9. The van der Waals surface area contributed by atoms with E-state index in [1.54, 1.807) is 0 Å². The summed E-state index contributed by atoms with van der Waals surface area (Å²) in [6, 6.07) is 18.1. The van der Waals surface area contributed by atoms with Gasteiger partial charge in [-0.05, 0) is 30.5 Å². The van der Waals surface area contributed by atoms with Gasteiger partial charge in [0, 0.05) is 28.7 Å². The molecule has 0 saturated heterocycles. The number of anilines is 1. The van der Waals surface area contributed by atoms with E-state index in [1.165, 1.54) is 33.9 Å². The fourth-order valence-electron chi connectivity index (χ4n) is 4.11. The lowest BCUT2D eigenvalue weighted by Crippen LogP contribution is -2.12. The minimum Gasteiger partial charge on any atom is -0.494 e. The number of hydrogen-bond acceptors (Lipinski definition) is 8. The first-order chi connectivity index (χ1) is 16.7. The highest BCUT2D eigenvalue weighted by molar-refractivity contribution is 7.99. The Morgan fingerprint density at radius 3 is 2.68 bits per heavy atom. The summed E-state index contributed by atoms with van der Waals surface area (Å²) in [5.41, 5.74) is 4.67. The van der Waals surface area contributed by atoms with Crippen molar-refractivity contribution in [3.05, 3.63) is 54.6 Å². The third-order valence-electron chi connectivity index (χ3n) is 5.56. The van der Waals surface area contributed by atoms with Gasteiger partial charge in [-0.3, -0.25) is 4.79 Å². The van der Waals surface area contributed by atoms with Gasteiger partial charge in [0.15, 0.2) is 5.13 Å². The molecule has 0 saturated carbocycles. The lowest BCUT2D eigenvalue weighted by atomic mass is 10.0. The summed E-state index contributed by atoms with van der Waals surface area (Å²) >= 11 is 2.86. The number of nitrogens with one attached hydrogen (secondary N) is 1. The van der Waals surface area contributed by atoms with Gasteiger partial charge in [-0.2, -0.15) is 0 Å². The van der Waals surface area contributed by atoms with Crippen molar-refractivity contribution < 1.29 is 9.53 Å². The average molecular weight is 486 g/mol. The molecule has 0 aliphatic heterocycles. The summed E-state index contributed by atoms with van der Waals surface area (Å²) in [5.74, 6) is 1.25. The average Bonchev–Trinajstić information content (AvgIpc) is 3.39. The molecule has 0 atom stereocenters. The van der Waals surface area contributed by atoms with Crippen molar-refractivity contribution in [2.75, 3.05) is 17.7 Å². The van der Waals surface area contributed by atoms with E-state index in [0.29, 0.717) is 29.1 Å². The van der Waals surface area contributed by atoms with Crippen molar-refractivity contribution in [1.82, 2.24) is 20.2 Å². The van der Waals surface area contributed by atoms with Crippen molar-refractivity contribution in [3.8, 4) is 28.3 Å². The predicted octanol–water partition coefficient (Wildman–Crippen LogP) is 5.80. The van der Waals surface area contributed by atoms with Crippen molar-refractivity contribution in [2.24, 2.45) is 0 Å². The zero-order valence-electron chi connectivity index (χ0n) is 18.2. The molecule has 1 aliphatic carbocycles. The Labute approximate surface area is 203 Å². The standard InChI is InChI=1S/C25H19N5O2S2/c1-2-32-15-9-10-18-19(13-15)34-24(26-18)27-20(31)11-12-33-25-28-22-16-7-3-5-14-6-4-8-17(21(14)16)23(22)29-30-25/h3-10,13H,2,11-12H2,1H3,(H,26,27,31). The quantitative estimate of drug-likeness (QED) is 0.286. The molecule has 0 unspecified atom stereocenters. The van der Waals surface area contributed by atoms with E-state index >= 15 is 0 Å². The van der Waals surface area contributed by atoms with Gasteiger partial charge in [0.25, 0.3) is 0 Å². The molecular weight excluding hydrogens is 466 g/mol. The highest BCUT2D eigenvalue weighted by atomic mass is 32.2. The Kier molecular flexibility index (Phi) is 5.35. The van der Waals surface area contributed by atoms with Crippen LogP contribution in [0.25, 0.3) is 43.5 Å². The number of ether oxygens (including phenoxy) is 1. The smallest absolute Gasteiger partial charge is 0.226 e. The van der Waals surface area contributed by atoms with Crippen LogP contribution in [0.5, 0.6) is 5.75 Å². The summed E-state index contributed by atoms with van der Waals surface area (Å²) in [6.45, 7) is 2.56. The first kappa shape index (κ1) is 21.0. The minimum atomic E-state index is -0.0946. The molecular formula is C25H19N5O2S2. The van der Waals surface area contributed by atoms with Crippen LogP contribution in [0.3, 0.4) is 0 Å². The number of rotatable bonds is 7. The Morgan fingerprint density at radius 1 is 1.03 bits per heavy atom. The molecule has 1 amide bonds. The Morgan fingerprint density at radius 2 is 1.85 bits per heavy atom. The maximum atomic E-state index is 12.5. The third-order valence-corrected chi connectivity index (χ3v) is 7.33. The second-order valence-corrected chi connectivity index (χ2v) is 9.82. The molecule has 1 aliphatic rings. The highest BCUT2D eigenvalue weighted by Gasteiger charge is 2.24. The van der Waals surface area contributed by atoms with E-state index in [9.17, 15) is 4.79 Å². The van der Waals surface area contributed by atoms with Crippen molar-refractivity contribution >= 4 is 55.1 Å². The number of carbonyl (C=O) groups excluding carboxylic acids is 1. The topological polar surface area (TPSA) is 89.9 Å². The molecule has 0 spiro atoms. The van der Waals surface area contributed by atoms with Crippen LogP contribution < -0.4 is 10.1 Å². The van der Waals surface area contributed by atoms with Gasteiger partial charge in [-0.15, -0.1) is 10.2 Å². The molecule has 3 aromatic carbocycles. The Hall–Kier alpha value is -3.56. The SMILES string of the molecule is CCOc1ccc2nc(NC(=O)CCSc3nnc4c(n3)-c3cccc5cccc-4c35)sc2c1. The van der Waals surface area contributed by atoms with E-state index in [4.69, 9.17) is 9.72 Å². The molecule has 6 rings (SSSR count). The van der Waals surface area contributed by atoms with E-state index < -0.39 is 0 Å². The van der Waals surface area contributed by atoms with Crippen LogP contribution in [0.4, 0.5) is 5.13 Å². The molecule has 0 radical (unpaired) electrons. The number of carbonyl (C=O) groups is 1. The summed E-state index contributed by atoms with van der Waals surface area (Å²) in [5, 5.41) is 15.1. The number of amides is 1. The largest absolute Gasteiger partial charge is 0.494 e. The maximum absolute atomic E-state index is 12.5. The minimum absolute atomic E-state index is 0.0946. The monoisotopic (exact) mass is 485 g/mol. The number of thiazole rings is 1. The fourth-order valence-corrected chi connectivity index (χ4v) is 5.74. The van der Waals surface area contributed by atoms with E-state index in [0.717, 1.165) is 38.5 Å². The highest BCUT2D eigenvalue weighted by Crippen LogP contribution is 2.44. The van der Waals surface area contributed by atoms with Crippen molar-refractivity contribution in [2.45, 2.75) is 18.5 Å². The van der Waals surface area contributed by atoms with Crippen LogP contribution in [0, 0.1) is 0 Å². The van der Waals surface area contributed by atoms with Crippen LogP contribution in [0.1, 0.15) is 13.3 Å². The summed E-state index contributed by atoms with van der Waals surface area (Å²) in [6.07, 6.45) is 0.320. The van der Waals surface area contributed by atoms with Gasteiger partial charge in [-0.1, -0.05) is 59.5 Å². The molecule has 168 valence electrons. The molecule has 5 aromatic rings. The van der Waals surface area contributed by atoms with Gasteiger partial charge >= 0.3 is 0 Å². The summed E-state index contributed by atoms with van der Waals surface area (Å²) in [7, 11) is 0. The first-order valence-corrected chi connectivity index (χ1v) is 12.7. The number of fused-ring (bicyclic) bond motifs is 4. The molecule has 2 heterocycles. The Balaban J connectivity index is 1.11. The van der Waals surface area contributed by atoms with Crippen LogP contribution in [0.15, 0.2) is 59.8 Å². The summed E-state index contributed by atoms with van der Waals surface area (Å²) < 4.78 is 6.51. The molecule has 7 nitrogen and oxygen atoms in total. The van der Waals surface area contributed by atoms with Crippen LogP contribution in [-0.4, -0.2) is 38.4 Å². The zero-order chi connectivity index (χ0) is 23.1. The molecule has 0 bridgehead atoms. The van der Waals surface area contributed by atoms with Gasteiger partial charge in [-0.25, -0.2) is 9.97 Å². The van der Waals surface area contributed by atoms with E-state index in [2.05, 4.69) is 44.8 Å². The van der Waals surface area contributed by atoms with Crippen LogP contribution in [-0.2, 0) is 4.79 Å². The van der Waals surface area contributed by atoms with Gasteiger partial charge < -0.3 is 10.1 Å². The number of benzene rings is 3. The lowest BCUT2D eigenvalue weighted by Gasteiger charge is -2.03. The number of hydrogen-bond donors (Lipinski definition) is 1. The molecule has 2 aromatic heterocycles. The van der Waals surface area contributed by atoms with Gasteiger partial charge in [0.1, 0.15) is 17.1 Å². The van der Waals surface area contributed by atoms with Crippen molar-refractivity contribution in [1.29, 1.82) is 0 Å². The number of nitrogens with zero attached hydrogens (tertiary/aromatic N) is 4. The van der Waals surface area contributed by atoms with Gasteiger partial charge in [0.05, 0.1) is 16.8 Å². The molecule has 9 heteroatoms.